The minimum atomic E-state index is -1.19. The number of aliphatic hydroxyl groups is 12. The Kier molecular flexibility index (Phi) is 64.2. The Hall–Kier alpha value is -3.84. The van der Waals surface area contributed by atoms with Gasteiger partial charge in [0.2, 0.25) is 0 Å². The van der Waals surface area contributed by atoms with Gasteiger partial charge in [0, 0.05) is 59.5 Å². The summed E-state index contributed by atoms with van der Waals surface area (Å²) in [5.41, 5.74) is 0. The molecule has 72 heavy (non-hydrogen) atoms. The third-order valence-corrected chi connectivity index (χ3v) is 10.6. The molecule has 21 nitrogen and oxygen atoms in total. The molecule has 0 radical (unpaired) electrons. The van der Waals surface area contributed by atoms with Crippen molar-refractivity contribution in [1.82, 2.24) is 0 Å². The average molecular weight is 1810 g/mol. The molecule has 0 bridgehead atoms. The van der Waals surface area contributed by atoms with Crippen molar-refractivity contribution < 1.29 is 104 Å². The van der Waals surface area contributed by atoms with Gasteiger partial charge in [-0.3, -0.25) is 0 Å². The van der Waals surface area contributed by atoms with E-state index in [4.69, 9.17) is 29.5 Å². The number of hydrogen-bond acceptors (Lipinski definition) is 21. The molecule has 1 saturated carbocycles. The molecule has 0 aliphatic heterocycles. The maximum Gasteiger partial charge on any atom is 0.105 e. The fourth-order valence-corrected chi connectivity index (χ4v) is 6.50. The Labute approximate surface area is 413 Å². The molecule has 9 atom stereocenters. The summed E-state index contributed by atoms with van der Waals surface area (Å²) in [6.07, 6.45) is 5.91. The zero-order valence-corrected chi connectivity index (χ0v) is 62.7. The van der Waals surface area contributed by atoms with Crippen molar-refractivity contribution in [1.29, 1.82) is 0 Å². The van der Waals surface area contributed by atoms with E-state index < -0.39 is 54.9 Å². The van der Waals surface area contributed by atoms with Gasteiger partial charge in [0.15, 0.2) is 0 Å². The Bertz CT molecular complexity index is 889. The van der Waals surface area contributed by atoms with Gasteiger partial charge in [-0.1, -0.05) is 57.8 Å². The van der Waals surface area contributed by atoms with Crippen LogP contribution in [0.25, 0.3) is 0 Å². The Morgan fingerprint density at radius 1 is 0.292 bits per heavy atom. The summed E-state index contributed by atoms with van der Waals surface area (Å²) < 4.78 is 44.5. The van der Waals surface area contributed by atoms with Crippen LogP contribution in [0.1, 0.15) is 116 Å². The number of aliphatic hydroxyl groups excluding tert-OH is 12. The van der Waals surface area contributed by atoms with E-state index >= 15 is 0 Å². The summed E-state index contributed by atoms with van der Waals surface area (Å²) in [4.78, 5) is 0. The average Bonchev–Trinajstić information content (AvgIpc) is 3.32. The molecule has 24 heteroatoms. The molecule has 1 rings (SSSR count). The smallest absolute Gasteiger partial charge is 0.105 e. The van der Waals surface area contributed by atoms with E-state index in [0.29, 0.717) is 39.1 Å². The number of ether oxygens (including phenoxy) is 9. The van der Waals surface area contributed by atoms with Crippen LogP contribution in [0.5, 0.6) is 0 Å². The van der Waals surface area contributed by atoms with Gasteiger partial charge in [-0.25, -0.2) is 42.7 Å². The third-order valence-electron chi connectivity index (χ3n) is 10.6. The van der Waals surface area contributed by atoms with Gasteiger partial charge in [-0.15, -0.1) is 0 Å². The quantitative estimate of drug-likeness (QED) is 0.0302. The van der Waals surface area contributed by atoms with Crippen LogP contribution in [0.3, 0.4) is 0 Å². The van der Waals surface area contributed by atoms with Crippen LogP contribution >= 0.6 is 0 Å². The Morgan fingerprint density at radius 2 is 0.486 bits per heavy atom. The molecule has 0 spiro atoms. The largest absolute Gasteiger partial charge is 0.553 e. The van der Waals surface area contributed by atoms with Crippen LogP contribution in [0.4, 0.5) is 0 Å². The first-order valence-electron chi connectivity index (χ1n) is 24.2. The van der Waals surface area contributed by atoms with E-state index in [1.807, 2.05) is 0 Å². The van der Waals surface area contributed by atoms with Gasteiger partial charge in [-0.2, -0.15) is 0 Å². The molecule has 1 fully saturated rings. The maximum atomic E-state index is 9.99. The summed E-state index contributed by atoms with van der Waals surface area (Å²) >= 11 is 0. The van der Waals surface area contributed by atoms with Crippen LogP contribution < -0.4 is 0 Å². The number of hydrogen-bond donors (Lipinski definition) is 12. The summed E-state index contributed by atoms with van der Waals surface area (Å²) in [6.45, 7) is 0.805. The van der Waals surface area contributed by atoms with E-state index in [-0.39, 0.29) is 77.8 Å². The van der Waals surface area contributed by atoms with Crippen LogP contribution in [-0.4, -0.2) is 214 Å². The molecule has 0 amide bonds. The van der Waals surface area contributed by atoms with Gasteiger partial charge in [0.1, 0.15) is 36.6 Å². The molecule has 9 unspecified atom stereocenters. The third kappa shape index (κ3) is 51.1. The summed E-state index contributed by atoms with van der Waals surface area (Å²) in [7, 11) is 19.0. The van der Waals surface area contributed by atoms with Crippen molar-refractivity contribution in [2.24, 2.45) is 0 Å². The molecule has 0 aromatic carbocycles. The van der Waals surface area contributed by atoms with E-state index in [9.17, 15) is 46.0 Å². The maximum absolute atomic E-state index is 9.99. The van der Waals surface area contributed by atoms with Gasteiger partial charge in [0.05, 0.1) is 56.4 Å². The first-order chi connectivity index (χ1) is 33.1. The van der Waals surface area contributed by atoms with Crippen molar-refractivity contribution in [3.63, 3.8) is 0 Å². The first kappa shape index (κ1) is 79.6. The minimum Gasteiger partial charge on any atom is -0.553 e. The Morgan fingerprint density at radius 3 is 0.681 bits per heavy atom. The Balaban J connectivity index is -0.000000230. The number of unbranched alkanes of at least 4 members (excludes halogenated alkanes) is 9. The number of rotatable bonds is 42. The van der Waals surface area contributed by atoms with E-state index in [2.05, 4.69) is 71.1 Å². The topological polar surface area (TPSA) is 326 Å². The molecule has 1 aliphatic rings. The van der Waals surface area contributed by atoms with Gasteiger partial charge in [-0.05, 0) is 57.8 Å². The van der Waals surface area contributed by atoms with E-state index in [1.165, 1.54) is 0 Å². The second-order valence-corrected chi connectivity index (χ2v) is 16.9. The standard InChI is InChI=1S/C21H39O12.3C9H19O3.3Rf/c1-28-7-16(22)19(25)10-31-13-4-14(32-11-20(26)17(23)8-29-2)6-15(5-13)33-12-21(27)18(24)9-30-3;3*1-12-8-9(11)6-4-2-3-5-7-10;;;/h13-27H,1-12H2;3*9-11H,1-8H2;;;/q-3;3*-1;;;. The molecule has 0 saturated heterocycles. The van der Waals surface area contributed by atoms with E-state index in [0.717, 1.165) is 96.3 Å². The summed E-state index contributed by atoms with van der Waals surface area (Å²) in [5.74, 6) is 0. The molecular formula is C48H96O21Rf3-6. The van der Waals surface area contributed by atoms with Crippen LogP contribution in [0.2, 0.25) is 0 Å². The van der Waals surface area contributed by atoms with Crippen LogP contribution in [0.15, 0.2) is 0 Å². The molecule has 12 N–H and O–H groups in total. The predicted octanol–water partition coefficient (Wildman–Crippen LogP) is 1.21. The fraction of sp³-hybridized carbons (Fsp3) is 0.875. The van der Waals surface area contributed by atoms with Crippen molar-refractivity contribution in [3.8, 4) is 0 Å². The van der Waals surface area contributed by atoms with Crippen LogP contribution in [-0.2, 0) is 42.6 Å². The molecule has 0 aromatic heterocycles. The summed E-state index contributed by atoms with van der Waals surface area (Å²) in [6, 6.07) is 0. The predicted molar refractivity (Wildman–Crippen MR) is 255 cm³/mol. The fourth-order valence-electron chi connectivity index (χ4n) is 6.50. The minimum absolute atomic E-state index is 0. The molecule has 426 valence electrons. The zero-order chi connectivity index (χ0) is 52.5. The summed E-state index contributed by atoms with van der Waals surface area (Å²) in [5, 5.41) is 112. The van der Waals surface area contributed by atoms with Gasteiger partial charge < -0.3 is 104 Å². The molecule has 0 heterocycles. The van der Waals surface area contributed by atoms with Crippen molar-refractivity contribution in [2.75, 3.05) is 79.3 Å². The van der Waals surface area contributed by atoms with Crippen molar-refractivity contribution in [2.45, 2.75) is 189 Å². The first-order valence-corrected chi connectivity index (χ1v) is 24.2. The van der Waals surface area contributed by atoms with Crippen molar-refractivity contribution in [3.05, 3.63) is 42.7 Å². The monoisotopic (exact) mass is 1810 g/mol. The molecular weight excluding hydrogens is 1710 g/mol. The molecule has 0 aromatic rings. The van der Waals surface area contributed by atoms with E-state index in [1.54, 1.807) is 0 Å². The second-order valence-electron chi connectivity index (χ2n) is 16.9. The normalized spacial score (nSPS) is 19.0. The zero-order valence-electron chi connectivity index (χ0n) is 43.5. The second kappa shape index (κ2) is 58.1. The van der Waals surface area contributed by atoms with Crippen LogP contribution in [0, 0.1) is 42.7 Å². The molecule has 1 aliphatic carbocycles. The van der Waals surface area contributed by atoms with Gasteiger partial charge >= 0.3 is 0 Å². The van der Waals surface area contributed by atoms with Gasteiger partial charge in [0.25, 0.3) is 0 Å². The SMILES string of the molecule is [CH2-]OCC(O)C(O)COC1CC(OCC(O)C(O)CO[CH2-])CC(OCC(O)C(O)CO[CH2-])C1.[CH2-]OCC(O)CCCCCCO.[CH2-]OCC(O)CCCCCCO.[CH2-]OCC(O)CCCCCCO.[Rf].[Rf].[Rf]. The van der Waals surface area contributed by atoms with Crippen molar-refractivity contribution >= 4 is 0 Å².